The molecule has 0 heterocycles. The van der Waals surface area contributed by atoms with Gasteiger partial charge in [-0.25, -0.2) is 0 Å². The number of aryl methyl sites for hydroxylation is 1. The minimum Gasteiger partial charge on any atom is -0.359 e. The second-order valence-electron chi connectivity index (χ2n) is 8.85. The van der Waals surface area contributed by atoms with Gasteiger partial charge in [-0.15, -0.1) is 0 Å². The molecule has 0 aliphatic heterocycles. The molecule has 0 saturated carbocycles. The number of allylic oxidation sites excluding steroid dienone is 5. The maximum absolute atomic E-state index is 3.66. The predicted octanol–water partition coefficient (Wildman–Crippen LogP) is 7.64. The molecule has 0 radical (unpaired) electrons. The molecular formula is C29H27N. The molecule has 2 aliphatic carbocycles. The molecule has 0 fully saturated rings. The van der Waals surface area contributed by atoms with Gasteiger partial charge in [0.2, 0.25) is 0 Å². The number of rotatable bonds is 3. The first-order valence-corrected chi connectivity index (χ1v) is 10.7. The molecule has 0 amide bonds. The van der Waals surface area contributed by atoms with Crippen molar-refractivity contribution in [3.63, 3.8) is 0 Å². The van der Waals surface area contributed by atoms with Crippen LogP contribution in [0.1, 0.15) is 42.5 Å². The van der Waals surface area contributed by atoms with Gasteiger partial charge in [0.05, 0.1) is 0 Å². The van der Waals surface area contributed by atoms with Crippen LogP contribution in [0, 0.1) is 6.92 Å². The van der Waals surface area contributed by atoms with E-state index in [2.05, 4.69) is 117 Å². The summed E-state index contributed by atoms with van der Waals surface area (Å²) < 4.78 is 0. The second-order valence-corrected chi connectivity index (χ2v) is 8.85. The fourth-order valence-corrected chi connectivity index (χ4v) is 4.67. The van der Waals surface area contributed by atoms with Crippen molar-refractivity contribution in [3.8, 4) is 11.1 Å². The Kier molecular flexibility index (Phi) is 4.47. The Balaban J connectivity index is 1.45. The van der Waals surface area contributed by atoms with E-state index < -0.39 is 0 Å². The van der Waals surface area contributed by atoms with Crippen molar-refractivity contribution in [3.05, 3.63) is 119 Å². The zero-order chi connectivity index (χ0) is 20.7. The zero-order valence-electron chi connectivity index (χ0n) is 17.9. The SMILES string of the molecule is Cc1ccc2c(c1)-c1ccc(NC3=CC=C(c4ccccc4)C=CC3)cc1C2(C)C. The van der Waals surface area contributed by atoms with Gasteiger partial charge in [-0.1, -0.05) is 92.2 Å². The van der Waals surface area contributed by atoms with Crippen LogP contribution in [0.2, 0.25) is 0 Å². The Hall–Kier alpha value is -3.32. The highest BCUT2D eigenvalue weighted by molar-refractivity contribution is 5.83. The first kappa shape index (κ1) is 18.7. The standard InChI is InChI=1S/C29H27N/c1-20-12-17-27-26(18-20)25-16-15-24(19-28(25)29(27,2)3)30-23-11-7-10-22(13-14-23)21-8-5-4-6-9-21/h4-10,12-19,30H,11H2,1-3H3. The van der Waals surface area contributed by atoms with Crippen LogP contribution in [0.3, 0.4) is 0 Å². The van der Waals surface area contributed by atoms with Crippen molar-refractivity contribution in [2.45, 2.75) is 32.6 Å². The van der Waals surface area contributed by atoms with Crippen LogP contribution < -0.4 is 5.32 Å². The third kappa shape index (κ3) is 3.21. The average Bonchev–Trinajstić information content (AvgIpc) is 2.89. The molecule has 3 aromatic carbocycles. The minimum atomic E-state index is 0.0220. The monoisotopic (exact) mass is 389 g/mol. The quantitative estimate of drug-likeness (QED) is 0.485. The van der Waals surface area contributed by atoms with Crippen LogP contribution in [-0.2, 0) is 5.41 Å². The average molecular weight is 390 g/mol. The lowest BCUT2D eigenvalue weighted by atomic mass is 9.82. The van der Waals surface area contributed by atoms with Crippen molar-refractivity contribution in [1.82, 2.24) is 0 Å². The molecule has 1 N–H and O–H groups in total. The molecule has 0 saturated heterocycles. The summed E-state index contributed by atoms with van der Waals surface area (Å²) in [5, 5.41) is 3.66. The van der Waals surface area contributed by atoms with Gasteiger partial charge in [0.1, 0.15) is 0 Å². The molecule has 0 bridgehead atoms. The Morgan fingerprint density at radius 2 is 1.63 bits per heavy atom. The summed E-state index contributed by atoms with van der Waals surface area (Å²) in [5.74, 6) is 0. The molecule has 2 aliphatic rings. The third-order valence-corrected chi connectivity index (χ3v) is 6.34. The van der Waals surface area contributed by atoms with E-state index in [9.17, 15) is 0 Å². The van der Waals surface area contributed by atoms with Crippen molar-refractivity contribution >= 4 is 11.3 Å². The van der Waals surface area contributed by atoms with Gasteiger partial charge in [-0.05, 0) is 58.5 Å². The van der Waals surface area contributed by atoms with Crippen molar-refractivity contribution in [2.75, 3.05) is 5.32 Å². The highest BCUT2D eigenvalue weighted by atomic mass is 14.9. The second kappa shape index (κ2) is 7.18. The van der Waals surface area contributed by atoms with Crippen LogP contribution in [-0.4, -0.2) is 0 Å². The Morgan fingerprint density at radius 3 is 2.47 bits per heavy atom. The lowest BCUT2D eigenvalue weighted by Crippen LogP contribution is -2.15. The highest BCUT2D eigenvalue weighted by Gasteiger charge is 2.35. The molecule has 0 spiro atoms. The van der Waals surface area contributed by atoms with Gasteiger partial charge >= 0.3 is 0 Å². The first-order chi connectivity index (χ1) is 14.5. The van der Waals surface area contributed by atoms with Gasteiger partial charge in [0.25, 0.3) is 0 Å². The molecule has 1 nitrogen and oxygen atoms in total. The van der Waals surface area contributed by atoms with Gasteiger partial charge in [-0.2, -0.15) is 0 Å². The summed E-state index contributed by atoms with van der Waals surface area (Å²) in [6.45, 7) is 6.84. The van der Waals surface area contributed by atoms with E-state index in [0.29, 0.717) is 0 Å². The Labute approximate surface area is 179 Å². The lowest BCUT2D eigenvalue weighted by Gasteiger charge is -2.22. The van der Waals surface area contributed by atoms with E-state index in [4.69, 9.17) is 0 Å². The summed E-state index contributed by atoms with van der Waals surface area (Å²) in [6.07, 6.45) is 9.76. The number of nitrogens with one attached hydrogen (secondary N) is 1. The molecule has 5 rings (SSSR count). The number of hydrogen-bond donors (Lipinski definition) is 1. The number of anilines is 1. The molecule has 30 heavy (non-hydrogen) atoms. The van der Waals surface area contributed by atoms with Crippen LogP contribution >= 0.6 is 0 Å². The predicted molar refractivity (Wildman–Crippen MR) is 129 cm³/mol. The van der Waals surface area contributed by atoms with Gasteiger partial charge in [-0.3, -0.25) is 0 Å². The summed E-state index contributed by atoms with van der Waals surface area (Å²) in [4.78, 5) is 0. The Morgan fingerprint density at radius 1 is 0.800 bits per heavy atom. The van der Waals surface area contributed by atoms with E-state index >= 15 is 0 Å². The molecule has 148 valence electrons. The van der Waals surface area contributed by atoms with Crippen LogP contribution in [0.5, 0.6) is 0 Å². The van der Waals surface area contributed by atoms with E-state index in [1.165, 1.54) is 44.7 Å². The highest BCUT2D eigenvalue weighted by Crippen LogP contribution is 2.49. The van der Waals surface area contributed by atoms with Crippen LogP contribution in [0.15, 0.2) is 96.7 Å². The molecule has 0 unspecified atom stereocenters. The lowest BCUT2D eigenvalue weighted by molar-refractivity contribution is 0.660. The third-order valence-electron chi connectivity index (χ3n) is 6.34. The molecule has 0 aromatic heterocycles. The van der Waals surface area contributed by atoms with Crippen molar-refractivity contribution in [2.24, 2.45) is 0 Å². The summed E-state index contributed by atoms with van der Waals surface area (Å²) in [6, 6.07) is 24.2. The van der Waals surface area contributed by atoms with E-state index in [1.807, 2.05) is 0 Å². The molecule has 1 heteroatoms. The van der Waals surface area contributed by atoms with Crippen LogP contribution in [0.4, 0.5) is 5.69 Å². The van der Waals surface area contributed by atoms with Crippen LogP contribution in [0.25, 0.3) is 16.7 Å². The van der Waals surface area contributed by atoms with Crippen molar-refractivity contribution < 1.29 is 0 Å². The zero-order valence-corrected chi connectivity index (χ0v) is 17.9. The largest absolute Gasteiger partial charge is 0.359 e. The molecule has 0 atom stereocenters. The minimum absolute atomic E-state index is 0.0220. The normalized spacial score (nSPS) is 16.2. The summed E-state index contributed by atoms with van der Waals surface area (Å²) in [5.41, 5.74) is 11.8. The van der Waals surface area contributed by atoms with Crippen molar-refractivity contribution in [1.29, 1.82) is 0 Å². The summed E-state index contributed by atoms with van der Waals surface area (Å²) >= 11 is 0. The number of fused-ring (bicyclic) bond motifs is 3. The topological polar surface area (TPSA) is 12.0 Å². The molecule has 3 aromatic rings. The summed E-state index contributed by atoms with van der Waals surface area (Å²) in [7, 11) is 0. The maximum atomic E-state index is 3.66. The van der Waals surface area contributed by atoms with E-state index in [0.717, 1.165) is 12.1 Å². The number of benzene rings is 3. The fourth-order valence-electron chi connectivity index (χ4n) is 4.67. The smallest absolute Gasteiger partial charge is 0.0385 e. The maximum Gasteiger partial charge on any atom is 0.0385 e. The van der Waals surface area contributed by atoms with Gasteiger partial charge in [0, 0.05) is 23.2 Å². The van der Waals surface area contributed by atoms with E-state index in [1.54, 1.807) is 0 Å². The Bertz CT molecular complexity index is 1210. The number of hydrogen-bond acceptors (Lipinski definition) is 1. The fraction of sp³-hybridized carbons (Fsp3) is 0.172. The molecular weight excluding hydrogens is 362 g/mol. The van der Waals surface area contributed by atoms with Gasteiger partial charge in [0.15, 0.2) is 0 Å². The van der Waals surface area contributed by atoms with Gasteiger partial charge < -0.3 is 5.32 Å². The first-order valence-electron chi connectivity index (χ1n) is 10.7. The van der Waals surface area contributed by atoms with E-state index in [-0.39, 0.29) is 5.41 Å².